The Balaban J connectivity index is 1.63. The van der Waals surface area contributed by atoms with E-state index >= 15 is 0 Å². The highest BCUT2D eigenvalue weighted by Crippen LogP contribution is 2.25. The van der Waals surface area contributed by atoms with Crippen LogP contribution in [-0.2, 0) is 13.1 Å². The van der Waals surface area contributed by atoms with Gasteiger partial charge in [0.25, 0.3) is 5.91 Å². The topological polar surface area (TPSA) is 67.2 Å². The van der Waals surface area contributed by atoms with Crippen molar-refractivity contribution in [3.05, 3.63) is 101 Å². The van der Waals surface area contributed by atoms with Crippen LogP contribution in [0.1, 0.15) is 27.8 Å². The Kier molecular flexibility index (Phi) is 5.54. The monoisotopic (exact) mass is 407 g/mol. The van der Waals surface area contributed by atoms with Crippen molar-refractivity contribution in [1.82, 2.24) is 14.9 Å². The number of fused-ring (bicyclic) bond motifs is 1. The Bertz CT molecular complexity index is 1170. The number of carbonyl (C=O) groups excluding carboxylic acids is 1. The van der Waals surface area contributed by atoms with Crippen LogP contribution in [-0.4, -0.2) is 20.6 Å². The van der Waals surface area contributed by atoms with Crippen LogP contribution in [0.3, 0.4) is 0 Å². The van der Waals surface area contributed by atoms with Gasteiger partial charge < -0.3 is 15.0 Å². The lowest BCUT2D eigenvalue weighted by atomic mass is 10.1. The van der Waals surface area contributed by atoms with Crippen LogP contribution < -0.4 is 5.32 Å². The fourth-order valence-corrected chi connectivity index (χ4v) is 3.41. The number of para-hydroxylation sites is 2. The van der Waals surface area contributed by atoms with Crippen molar-refractivity contribution in [1.29, 1.82) is 0 Å². The minimum absolute atomic E-state index is 0.0921. The van der Waals surface area contributed by atoms with E-state index in [0.29, 0.717) is 22.4 Å². The summed E-state index contributed by atoms with van der Waals surface area (Å²) in [5, 5.41) is 13.4. The van der Waals surface area contributed by atoms with Gasteiger partial charge in [0.05, 0.1) is 29.7 Å². The SMILES string of the molecule is O=C(NCc1nc2ccccc2n1CC(O)c1c(F)cccc1F)c1ccccc1. The third-order valence-electron chi connectivity index (χ3n) is 4.87. The molecular formula is C23H19F2N3O2. The van der Waals surface area contributed by atoms with Crippen LogP contribution >= 0.6 is 0 Å². The van der Waals surface area contributed by atoms with Gasteiger partial charge in [-0.05, 0) is 36.4 Å². The maximum atomic E-state index is 14.1. The highest BCUT2D eigenvalue weighted by molar-refractivity contribution is 5.94. The maximum Gasteiger partial charge on any atom is 0.251 e. The van der Waals surface area contributed by atoms with Crippen molar-refractivity contribution in [3.8, 4) is 0 Å². The maximum absolute atomic E-state index is 14.1. The second-order valence-corrected chi connectivity index (χ2v) is 6.83. The zero-order chi connectivity index (χ0) is 21.1. The van der Waals surface area contributed by atoms with Crippen LogP contribution in [0.4, 0.5) is 8.78 Å². The van der Waals surface area contributed by atoms with Gasteiger partial charge in [-0.1, -0.05) is 36.4 Å². The number of benzene rings is 3. The number of aromatic nitrogens is 2. The third-order valence-corrected chi connectivity index (χ3v) is 4.87. The van der Waals surface area contributed by atoms with E-state index in [-0.39, 0.29) is 19.0 Å². The number of hydrogen-bond acceptors (Lipinski definition) is 3. The van der Waals surface area contributed by atoms with E-state index in [9.17, 15) is 18.7 Å². The van der Waals surface area contributed by atoms with Crippen LogP contribution in [0.15, 0.2) is 72.8 Å². The van der Waals surface area contributed by atoms with Crippen molar-refractivity contribution in [2.75, 3.05) is 0 Å². The smallest absolute Gasteiger partial charge is 0.251 e. The number of imidazole rings is 1. The first-order valence-corrected chi connectivity index (χ1v) is 9.44. The molecule has 0 spiro atoms. The summed E-state index contributed by atoms with van der Waals surface area (Å²) in [7, 11) is 0. The Labute approximate surface area is 171 Å². The van der Waals surface area contributed by atoms with Gasteiger partial charge in [-0.3, -0.25) is 4.79 Å². The van der Waals surface area contributed by atoms with E-state index in [0.717, 1.165) is 12.1 Å². The van der Waals surface area contributed by atoms with Crippen LogP contribution in [0.2, 0.25) is 0 Å². The van der Waals surface area contributed by atoms with Crippen molar-refractivity contribution in [2.24, 2.45) is 0 Å². The summed E-state index contributed by atoms with van der Waals surface area (Å²) in [6.07, 6.45) is -1.42. The number of aliphatic hydroxyl groups excluding tert-OH is 1. The Hall–Kier alpha value is -3.58. The molecule has 0 bridgehead atoms. The molecule has 7 heteroatoms. The minimum Gasteiger partial charge on any atom is -0.386 e. The molecule has 1 amide bonds. The van der Waals surface area contributed by atoms with Crippen LogP contribution in [0.5, 0.6) is 0 Å². The van der Waals surface area contributed by atoms with Gasteiger partial charge in [-0.2, -0.15) is 0 Å². The number of carbonyl (C=O) groups is 1. The number of rotatable bonds is 6. The molecule has 1 atom stereocenters. The molecule has 0 fully saturated rings. The minimum atomic E-state index is -1.42. The molecule has 152 valence electrons. The molecule has 1 aromatic heterocycles. The Morgan fingerprint density at radius 3 is 2.37 bits per heavy atom. The average Bonchev–Trinajstić information content (AvgIpc) is 3.10. The highest BCUT2D eigenvalue weighted by atomic mass is 19.1. The van der Waals surface area contributed by atoms with Crippen molar-refractivity contribution in [3.63, 3.8) is 0 Å². The van der Waals surface area contributed by atoms with Gasteiger partial charge in [0.15, 0.2) is 0 Å². The molecule has 0 saturated heterocycles. The molecule has 30 heavy (non-hydrogen) atoms. The predicted octanol–water partition coefficient (Wildman–Crippen LogP) is 3.98. The molecule has 5 nitrogen and oxygen atoms in total. The van der Waals surface area contributed by atoms with Gasteiger partial charge in [0, 0.05) is 5.56 Å². The van der Waals surface area contributed by atoms with E-state index < -0.39 is 23.3 Å². The lowest BCUT2D eigenvalue weighted by molar-refractivity contribution is 0.0949. The fraction of sp³-hybridized carbons (Fsp3) is 0.130. The molecular weight excluding hydrogens is 388 g/mol. The van der Waals surface area contributed by atoms with E-state index in [4.69, 9.17) is 0 Å². The molecule has 0 aliphatic rings. The largest absolute Gasteiger partial charge is 0.386 e. The summed E-state index contributed by atoms with van der Waals surface area (Å²) >= 11 is 0. The molecule has 1 heterocycles. The molecule has 0 aliphatic carbocycles. The lowest BCUT2D eigenvalue weighted by Gasteiger charge is -2.16. The van der Waals surface area contributed by atoms with Crippen LogP contribution in [0, 0.1) is 11.6 Å². The standard InChI is InChI=1S/C23H19F2N3O2/c24-16-9-6-10-17(25)22(16)20(29)14-28-19-12-5-4-11-18(19)27-21(28)13-26-23(30)15-7-2-1-3-8-15/h1-12,20,29H,13-14H2,(H,26,30). The third kappa shape index (κ3) is 3.92. The summed E-state index contributed by atoms with van der Waals surface area (Å²) in [6.45, 7) is -0.0240. The van der Waals surface area contributed by atoms with Crippen LogP contribution in [0.25, 0.3) is 11.0 Å². The van der Waals surface area contributed by atoms with E-state index in [2.05, 4.69) is 10.3 Å². The predicted molar refractivity (Wildman–Crippen MR) is 109 cm³/mol. The van der Waals surface area contributed by atoms with Crippen molar-refractivity contribution < 1.29 is 18.7 Å². The molecule has 1 unspecified atom stereocenters. The second kappa shape index (κ2) is 8.42. The Morgan fingerprint density at radius 1 is 0.967 bits per heavy atom. The lowest BCUT2D eigenvalue weighted by Crippen LogP contribution is -2.25. The van der Waals surface area contributed by atoms with Crippen molar-refractivity contribution in [2.45, 2.75) is 19.2 Å². The molecule has 4 aromatic rings. The highest BCUT2D eigenvalue weighted by Gasteiger charge is 2.21. The summed E-state index contributed by atoms with van der Waals surface area (Å²) in [5.74, 6) is -1.43. The summed E-state index contributed by atoms with van der Waals surface area (Å²) in [4.78, 5) is 16.9. The quantitative estimate of drug-likeness (QED) is 0.508. The van der Waals surface area contributed by atoms with Gasteiger partial charge in [-0.25, -0.2) is 13.8 Å². The number of aliphatic hydroxyl groups is 1. The second-order valence-electron chi connectivity index (χ2n) is 6.83. The fourth-order valence-electron chi connectivity index (χ4n) is 3.41. The normalized spacial score (nSPS) is 12.1. The zero-order valence-corrected chi connectivity index (χ0v) is 15.9. The summed E-state index contributed by atoms with van der Waals surface area (Å²) < 4.78 is 29.9. The number of hydrogen-bond donors (Lipinski definition) is 2. The molecule has 4 rings (SSSR count). The summed E-state index contributed by atoms with van der Waals surface area (Å²) in [5.41, 5.74) is 1.46. The Morgan fingerprint density at radius 2 is 1.63 bits per heavy atom. The first kappa shape index (κ1) is 19.7. The number of nitrogens with one attached hydrogen (secondary N) is 1. The van der Waals surface area contributed by atoms with Gasteiger partial charge in [0.2, 0.25) is 0 Å². The first-order chi connectivity index (χ1) is 14.5. The molecule has 0 saturated carbocycles. The van der Waals surface area contributed by atoms with Gasteiger partial charge in [-0.15, -0.1) is 0 Å². The first-order valence-electron chi connectivity index (χ1n) is 9.44. The number of halogens is 2. The van der Waals surface area contributed by atoms with Gasteiger partial charge in [0.1, 0.15) is 23.6 Å². The van der Waals surface area contributed by atoms with E-state index in [1.165, 1.54) is 6.07 Å². The average molecular weight is 407 g/mol. The number of nitrogens with zero attached hydrogens (tertiary/aromatic N) is 2. The molecule has 2 N–H and O–H groups in total. The van der Waals surface area contributed by atoms with Gasteiger partial charge >= 0.3 is 0 Å². The zero-order valence-electron chi connectivity index (χ0n) is 15.9. The summed E-state index contributed by atoms with van der Waals surface area (Å²) in [6, 6.07) is 19.4. The van der Waals surface area contributed by atoms with Crippen molar-refractivity contribution >= 4 is 16.9 Å². The van der Waals surface area contributed by atoms with E-state index in [1.807, 2.05) is 18.2 Å². The van der Waals surface area contributed by atoms with E-state index in [1.54, 1.807) is 41.0 Å². The molecule has 0 radical (unpaired) electrons. The molecule has 0 aliphatic heterocycles. The molecule has 3 aromatic carbocycles. The number of amides is 1.